The van der Waals surface area contributed by atoms with Gasteiger partial charge in [-0.2, -0.15) is 0 Å². The van der Waals surface area contributed by atoms with Crippen LogP contribution in [0.25, 0.3) is 0 Å². The fourth-order valence-electron chi connectivity index (χ4n) is 7.66. The highest BCUT2D eigenvalue weighted by molar-refractivity contribution is 5.08. The van der Waals surface area contributed by atoms with Gasteiger partial charge in [0.15, 0.2) is 0 Å². The number of aliphatic hydroxyl groups is 1. The van der Waals surface area contributed by atoms with Crippen molar-refractivity contribution >= 4 is 0 Å². The molecule has 4 fully saturated rings. The molecule has 0 aromatic carbocycles. The molecule has 0 saturated heterocycles. The molecule has 4 saturated carbocycles. The van der Waals surface area contributed by atoms with Gasteiger partial charge in [0.1, 0.15) is 0 Å². The van der Waals surface area contributed by atoms with Crippen molar-refractivity contribution in [2.24, 2.45) is 40.4 Å². The topological polar surface area (TPSA) is 20.2 Å². The predicted molar refractivity (Wildman–Crippen MR) is 86.9 cm³/mol. The highest BCUT2D eigenvalue weighted by Crippen LogP contribution is 2.66. The first kappa shape index (κ1) is 14.5. The van der Waals surface area contributed by atoms with E-state index >= 15 is 0 Å². The zero-order valence-electron chi connectivity index (χ0n) is 14.3. The summed E-state index contributed by atoms with van der Waals surface area (Å²) in [6, 6.07) is 0. The summed E-state index contributed by atoms with van der Waals surface area (Å²) in [6.07, 6.45) is 12.3. The van der Waals surface area contributed by atoms with Crippen LogP contribution in [-0.4, -0.2) is 11.2 Å². The smallest absolute Gasteiger partial charge is 0.0543 e. The van der Waals surface area contributed by atoms with Crippen LogP contribution in [0.1, 0.15) is 78.6 Å². The summed E-state index contributed by atoms with van der Waals surface area (Å²) < 4.78 is 0. The normalized spacial score (nSPS) is 60.0. The molecule has 4 rings (SSSR count). The van der Waals surface area contributed by atoms with Gasteiger partial charge in [-0.3, -0.25) is 0 Å². The van der Waals surface area contributed by atoms with E-state index in [4.69, 9.17) is 0 Å². The Balaban J connectivity index is 1.62. The first-order valence-corrected chi connectivity index (χ1v) is 9.60. The Morgan fingerprint density at radius 3 is 2.52 bits per heavy atom. The fourth-order valence-corrected chi connectivity index (χ4v) is 7.66. The molecule has 0 spiro atoms. The van der Waals surface area contributed by atoms with E-state index in [0.717, 1.165) is 42.4 Å². The molecule has 8 atom stereocenters. The summed E-state index contributed by atoms with van der Waals surface area (Å²) in [4.78, 5) is 0. The third kappa shape index (κ3) is 2.06. The Labute approximate surface area is 130 Å². The van der Waals surface area contributed by atoms with Crippen molar-refractivity contribution in [1.82, 2.24) is 0 Å². The van der Waals surface area contributed by atoms with Crippen molar-refractivity contribution in [3.8, 4) is 0 Å². The zero-order valence-corrected chi connectivity index (χ0v) is 14.3. The molecule has 0 bridgehead atoms. The third-order valence-corrected chi connectivity index (χ3v) is 8.63. The van der Waals surface area contributed by atoms with Gasteiger partial charge in [-0.05, 0) is 98.2 Å². The van der Waals surface area contributed by atoms with E-state index in [2.05, 4.69) is 20.8 Å². The molecule has 0 aromatic heterocycles. The Morgan fingerprint density at radius 2 is 1.71 bits per heavy atom. The largest absolute Gasteiger partial charge is 0.393 e. The molecule has 4 aliphatic carbocycles. The average Bonchev–Trinajstić information content (AvgIpc) is 2.74. The predicted octanol–water partition coefficient (Wildman–Crippen LogP) is 5.03. The lowest BCUT2D eigenvalue weighted by Gasteiger charge is -2.60. The molecule has 0 amide bonds. The van der Waals surface area contributed by atoms with E-state index < -0.39 is 0 Å². The maximum atomic E-state index is 10.1. The Hall–Kier alpha value is -0.0400. The van der Waals surface area contributed by atoms with E-state index in [1.54, 1.807) is 0 Å². The van der Waals surface area contributed by atoms with Crippen LogP contribution in [0.4, 0.5) is 0 Å². The van der Waals surface area contributed by atoms with Gasteiger partial charge in [0.05, 0.1) is 6.10 Å². The second-order valence-electron chi connectivity index (χ2n) is 9.82. The van der Waals surface area contributed by atoms with Crippen molar-refractivity contribution in [2.75, 3.05) is 0 Å². The van der Waals surface area contributed by atoms with Gasteiger partial charge in [0, 0.05) is 0 Å². The van der Waals surface area contributed by atoms with Crippen LogP contribution in [-0.2, 0) is 0 Å². The van der Waals surface area contributed by atoms with Gasteiger partial charge < -0.3 is 5.11 Å². The van der Waals surface area contributed by atoms with Crippen molar-refractivity contribution in [3.05, 3.63) is 0 Å². The number of aliphatic hydroxyl groups excluding tert-OH is 1. The van der Waals surface area contributed by atoms with Crippen molar-refractivity contribution in [3.63, 3.8) is 0 Å². The molecule has 0 unspecified atom stereocenters. The van der Waals surface area contributed by atoms with Gasteiger partial charge in [-0.15, -0.1) is 0 Å². The number of rotatable bonds is 0. The quantitative estimate of drug-likeness (QED) is 0.663. The molecule has 1 N–H and O–H groups in total. The second kappa shape index (κ2) is 4.73. The molecular weight excluding hydrogens is 256 g/mol. The van der Waals surface area contributed by atoms with E-state index in [9.17, 15) is 5.11 Å². The second-order valence-corrected chi connectivity index (χ2v) is 9.82. The van der Waals surface area contributed by atoms with E-state index in [0.29, 0.717) is 10.8 Å². The van der Waals surface area contributed by atoms with Crippen LogP contribution >= 0.6 is 0 Å². The summed E-state index contributed by atoms with van der Waals surface area (Å²) in [7, 11) is 0. The van der Waals surface area contributed by atoms with Crippen LogP contribution < -0.4 is 0 Å². The maximum absolute atomic E-state index is 10.1. The minimum absolute atomic E-state index is 0.0000147. The average molecular weight is 290 g/mol. The molecule has 21 heavy (non-hydrogen) atoms. The molecule has 120 valence electrons. The Bertz CT molecular complexity index is 418. The van der Waals surface area contributed by atoms with Gasteiger partial charge in [-0.25, -0.2) is 0 Å². The summed E-state index contributed by atoms with van der Waals surface area (Å²) in [5.41, 5.74) is 1.22. The van der Waals surface area contributed by atoms with E-state index in [1.165, 1.54) is 44.9 Å². The van der Waals surface area contributed by atoms with Crippen LogP contribution in [0.5, 0.6) is 0 Å². The van der Waals surface area contributed by atoms with Crippen molar-refractivity contribution in [1.29, 1.82) is 0 Å². The van der Waals surface area contributed by atoms with Crippen molar-refractivity contribution in [2.45, 2.75) is 84.7 Å². The Morgan fingerprint density at radius 1 is 0.905 bits per heavy atom. The van der Waals surface area contributed by atoms with Gasteiger partial charge in [0.2, 0.25) is 0 Å². The fraction of sp³-hybridized carbons (Fsp3) is 1.00. The lowest BCUT2D eigenvalue weighted by atomic mass is 9.45. The zero-order chi connectivity index (χ0) is 14.8. The van der Waals surface area contributed by atoms with Crippen LogP contribution in [0.15, 0.2) is 0 Å². The number of fused-ring (bicyclic) bond motifs is 5. The highest BCUT2D eigenvalue weighted by Gasteiger charge is 2.58. The van der Waals surface area contributed by atoms with Gasteiger partial charge in [0.25, 0.3) is 0 Å². The van der Waals surface area contributed by atoms with Gasteiger partial charge >= 0.3 is 0 Å². The van der Waals surface area contributed by atoms with E-state index in [-0.39, 0.29) is 6.10 Å². The molecule has 0 aliphatic heterocycles. The first-order valence-electron chi connectivity index (χ1n) is 9.60. The van der Waals surface area contributed by atoms with E-state index in [1.807, 2.05) is 0 Å². The molecule has 1 heteroatoms. The summed E-state index contributed by atoms with van der Waals surface area (Å²) in [5, 5.41) is 10.1. The number of hydrogen-bond acceptors (Lipinski definition) is 1. The molecular formula is C20H34O. The van der Waals surface area contributed by atoms with Crippen LogP contribution in [0, 0.1) is 40.4 Å². The number of hydrogen-bond donors (Lipinski definition) is 1. The SMILES string of the molecule is C[C@@H]1C[C@@H]2[C@H]3CC[C@H]4C[C@@H](O)CC[C@@]4(C)[C@@H]3CC[C@@]2(C)C1. The minimum atomic E-state index is -0.0000147. The minimum Gasteiger partial charge on any atom is -0.393 e. The molecule has 0 heterocycles. The molecule has 0 aromatic rings. The van der Waals surface area contributed by atoms with Gasteiger partial charge in [-0.1, -0.05) is 20.8 Å². The molecule has 1 nitrogen and oxygen atoms in total. The van der Waals surface area contributed by atoms with Crippen molar-refractivity contribution < 1.29 is 5.11 Å². The molecule has 0 radical (unpaired) electrons. The standard InChI is InChI=1S/C20H34O/c1-13-10-18-16-5-4-14-11-15(21)6-9-20(14,3)17(16)7-8-19(18,2)12-13/h13-18,21H,4-12H2,1-3H3/t13-,14+,15+,16+,17-,18-,19+,20-/m1/s1. The first-order chi connectivity index (χ1) is 9.92. The summed E-state index contributed by atoms with van der Waals surface area (Å²) in [6.45, 7) is 7.70. The lowest BCUT2D eigenvalue weighted by molar-refractivity contribution is -0.120. The third-order valence-electron chi connectivity index (χ3n) is 8.63. The maximum Gasteiger partial charge on any atom is 0.0543 e. The van der Waals surface area contributed by atoms with Crippen LogP contribution in [0.3, 0.4) is 0 Å². The van der Waals surface area contributed by atoms with Crippen LogP contribution in [0.2, 0.25) is 0 Å². The molecule has 4 aliphatic rings. The Kier molecular flexibility index (Phi) is 3.27. The summed E-state index contributed by atoms with van der Waals surface area (Å²) in [5.74, 6) is 4.75. The monoisotopic (exact) mass is 290 g/mol. The lowest BCUT2D eigenvalue weighted by Crippen LogP contribution is -2.53. The highest BCUT2D eigenvalue weighted by atomic mass is 16.3. The summed E-state index contributed by atoms with van der Waals surface area (Å²) >= 11 is 0.